The number of allylic oxidation sites excluding steroid dienone is 1. The summed E-state index contributed by atoms with van der Waals surface area (Å²) in [5.41, 5.74) is 3.63. The third kappa shape index (κ3) is 4.57. The average Bonchev–Trinajstić information content (AvgIpc) is 2.92. The average molecular weight is 585 g/mol. The molecule has 1 heterocycles. The first-order valence-corrected chi connectivity index (χ1v) is 14.3. The Morgan fingerprint density at radius 2 is 1.81 bits per heavy atom. The number of aliphatic hydroxyl groups excluding tert-OH is 2. The minimum Gasteiger partial charge on any atom is -0.510 e. The number of hydrogen-bond acceptors (Lipinski definition) is 11. The van der Waals surface area contributed by atoms with Gasteiger partial charge in [0.15, 0.2) is 11.4 Å². The van der Waals surface area contributed by atoms with Crippen LogP contribution in [0, 0.1) is 17.8 Å². The van der Waals surface area contributed by atoms with E-state index in [1.165, 1.54) is 4.90 Å². The Hall–Kier alpha value is -3.45. The molecule has 0 aromatic heterocycles. The molecular weight excluding hydrogens is 544 g/mol. The van der Waals surface area contributed by atoms with E-state index in [4.69, 9.17) is 10.5 Å². The molecule has 12 heteroatoms. The summed E-state index contributed by atoms with van der Waals surface area (Å²) in [6.45, 7) is 2.47. The summed E-state index contributed by atoms with van der Waals surface area (Å²) in [5.74, 6) is -6.09. The van der Waals surface area contributed by atoms with Gasteiger partial charge in [0.25, 0.3) is 5.91 Å². The van der Waals surface area contributed by atoms with Gasteiger partial charge in [0.2, 0.25) is 5.78 Å². The zero-order valence-corrected chi connectivity index (χ0v) is 24.4. The number of ether oxygens (including phenoxy) is 1. The van der Waals surface area contributed by atoms with Crippen molar-refractivity contribution in [2.75, 3.05) is 52.8 Å². The predicted molar refractivity (Wildman–Crippen MR) is 153 cm³/mol. The van der Waals surface area contributed by atoms with Gasteiger partial charge in [0.05, 0.1) is 11.6 Å². The van der Waals surface area contributed by atoms with Crippen LogP contribution in [-0.2, 0) is 27.3 Å². The number of phenols is 1. The van der Waals surface area contributed by atoms with Gasteiger partial charge in [-0.15, -0.1) is 0 Å². The summed E-state index contributed by atoms with van der Waals surface area (Å²) in [5, 5.41) is 49.0. The molecule has 0 bridgehead atoms. The minimum atomic E-state index is -2.66. The largest absolute Gasteiger partial charge is 0.510 e. The van der Waals surface area contributed by atoms with Crippen molar-refractivity contribution in [3.05, 3.63) is 45.4 Å². The van der Waals surface area contributed by atoms with Gasteiger partial charge in [-0.25, -0.2) is 0 Å². The molecule has 7 N–H and O–H groups in total. The summed E-state index contributed by atoms with van der Waals surface area (Å²) >= 11 is 0. The normalized spacial score (nSPS) is 28.1. The molecule has 4 unspecified atom stereocenters. The topological polar surface area (TPSA) is 186 Å². The number of hydrogen-bond donors (Lipinski definition) is 6. The fraction of sp³-hybridized carbons (Fsp3) is 0.567. The van der Waals surface area contributed by atoms with Crippen LogP contribution >= 0.6 is 0 Å². The van der Waals surface area contributed by atoms with Gasteiger partial charge < -0.3 is 41.1 Å². The van der Waals surface area contributed by atoms with E-state index >= 15 is 0 Å². The molecule has 0 radical (unpaired) electrons. The molecule has 12 nitrogen and oxygen atoms in total. The van der Waals surface area contributed by atoms with E-state index in [1.807, 2.05) is 25.1 Å². The molecular formula is C30H40N4O8. The van der Waals surface area contributed by atoms with Crippen LogP contribution in [0.15, 0.2) is 28.7 Å². The van der Waals surface area contributed by atoms with E-state index in [0.717, 1.165) is 38.3 Å². The van der Waals surface area contributed by atoms with Crippen molar-refractivity contribution in [3.63, 3.8) is 0 Å². The molecule has 1 aliphatic heterocycles. The highest BCUT2D eigenvalue weighted by Gasteiger charge is 2.63. The lowest BCUT2D eigenvalue weighted by molar-refractivity contribution is -0.148. The quantitative estimate of drug-likeness (QED) is 0.248. The first kappa shape index (κ1) is 30.0. The van der Waals surface area contributed by atoms with Crippen LogP contribution in [0.1, 0.15) is 40.7 Å². The number of phenolic OH excluding ortho intramolecular Hbond substituents is 1. The highest BCUT2D eigenvalue weighted by Crippen LogP contribution is 2.53. The smallest absolute Gasteiger partial charge is 0.255 e. The Morgan fingerprint density at radius 3 is 2.40 bits per heavy atom. The standard InChI is InChI=1S/C30H40N4O8/c1-33(2)19-11-16(13-32-12-14-5-7-42-8-6-14)24(35)21-17(19)9-15-10-18-23(34(3)4)26(37)22(29(31)40)28(39)30(18,41)27(38)20(15)25(21)36/h11,14-15,18,23,32,35,37-38,41H,5-10,12-13H2,1-4H3,(H2,31,40). The van der Waals surface area contributed by atoms with Crippen molar-refractivity contribution in [3.8, 4) is 5.75 Å². The molecule has 5 rings (SSSR count). The number of primary amides is 1. The second-order valence-electron chi connectivity index (χ2n) is 12.3. The molecule has 1 amide bonds. The molecule has 3 aliphatic carbocycles. The Morgan fingerprint density at radius 1 is 1.14 bits per heavy atom. The number of carbonyl (C=O) groups excluding carboxylic acids is 3. The number of aromatic hydroxyl groups is 1. The molecule has 4 atom stereocenters. The van der Waals surface area contributed by atoms with Gasteiger partial charge in [0.1, 0.15) is 22.8 Å². The summed E-state index contributed by atoms with van der Waals surface area (Å²) in [6, 6.07) is 0.827. The second kappa shape index (κ2) is 11.0. The summed E-state index contributed by atoms with van der Waals surface area (Å²) in [4.78, 5) is 43.2. The number of ketones is 2. The number of fused-ring (bicyclic) bond motifs is 3. The third-order valence-electron chi connectivity index (χ3n) is 9.35. The lowest BCUT2D eigenvalue weighted by Gasteiger charge is -2.50. The number of nitrogens with two attached hydrogens (primary N) is 1. The van der Waals surface area contributed by atoms with Crippen molar-refractivity contribution < 1.29 is 39.5 Å². The van der Waals surface area contributed by atoms with Crippen molar-refractivity contribution in [1.29, 1.82) is 0 Å². The van der Waals surface area contributed by atoms with Crippen LogP contribution in [0.5, 0.6) is 5.75 Å². The number of Topliss-reactive ketones (excluding diaryl/α,β-unsaturated/α-hetero) is 2. The molecule has 0 saturated carbocycles. The number of anilines is 1. The molecule has 4 aliphatic rings. The molecule has 1 saturated heterocycles. The molecule has 42 heavy (non-hydrogen) atoms. The fourth-order valence-electron chi connectivity index (χ4n) is 7.25. The molecule has 1 aromatic rings. The SMILES string of the molecule is CN(C)c1cc(CNCC2CCOCC2)c(O)c2c1CC1CC3C(N(C)C)C(O)=C(C(N)=O)C(=O)C3(O)C(O)=C1C2=O. The number of carbonyl (C=O) groups is 3. The van der Waals surface area contributed by atoms with Crippen LogP contribution in [-0.4, -0.2) is 102 Å². The molecule has 1 aromatic carbocycles. The maximum Gasteiger partial charge on any atom is 0.255 e. The minimum absolute atomic E-state index is 0.0184. The number of aliphatic hydroxyl groups is 3. The number of likely N-dealkylation sites (N-methyl/N-ethyl adjacent to an activating group) is 1. The van der Waals surface area contributed by atoms with E-state index < -0.39 is 58.0 Å². The Kier molecular flexibility index (Phi) is 7.86. The van der Waals surface area contributed by atoms with E-state index in [-0.39, 0.29) is 29.7 Å². The third-order valence-corrected chi connectivity index (χ3v) is 9.35. The van der Waals surface area contributed by atoms with Crippen LogP contribution in [0.2, 0.25) is 0 Å². The van der Waals surface area contributed by atoms with Gasteiger partial charge in [-0.2, -0.15) is 0 Å². The van der Waals surface area contributed by atoms with Crippen LogP contribution < -0.4 is 16.0 Å². The Balaban J connectivity index is 1.58. The maximum atomic E-state index is 14.1. The van der Waals surface area contributed by atoms with Crippen molar-refractivity contribution in [2.24, 2.45) is 23.5 Å². The second-order valence-corrected chi connectivity index (χ2v) is 12.3. The van der Waals surface area contributed by atoms with E-state index in [9.17, 15) is 34.8 Å². The summed E-state index contributed by atoms with van der Waals surface area (Å²) in [6.07, 6.45) is 2.18. The van der Waals surface area contributed by atoms with Gasteiger partial charge >= 0.3 is 0 Å². The molecule has 228 valence electrons. The molecule has 1 fully saturated rings. The number of rotatable bonds is 7. The zero-order valence-electron chi connectivity index (χ0n) is 24.4. The first-order valence-electron chi connectivity index (χ1n) is 14.3. The number of nitrogens with one attached hydrogen (secondary N) is 1. The number of benzene rings is 1. The van der Waals surface area contributed by atoms with Crippen molar-refractivity contribution in [2.45, 2.75) is 43.9 Å². The summed E-state index contributed by atoms with van der Waals surface area (Å²) in [7, 11) is 6.89. The van der Waals surface area contributed by atoms with Crippen molar-refractivity contribution >= 4 is 23.2 Å². The summed E-state index contributed by atoms with van der Waals surface area (Å²) < 4.78 is 5.42. The molecule has 0 spiro atoms. The fourth-order valence-corrected chi connectivity index (χ4v) is 7.25. The predicted octanol–water partition coefficient (Wildman–Crippen LogP) is 0.703. The highest BCUT2D eigenvalue weighted by atomic mass is 16.5. The Bertz CT molecular complexity index is 1390. The number of nitrogens with zero attached hydrogens (tertiary/aromatic N) is 2. The highest BCUT2D eigenvalue weighted by molar-refractivity contribution is 6.24. The Labute approximate surface area is 244 Å². The lowest BCUT2D eigenvalue weighted by Crippen LogP contribution is -2.63. The van der Waals surface area contributed by atoms with Crippen LogP contribution in [0.3, 0.4) is 0 Å². The van der Waals surface area contributed by atoms with E-state index in [2.05, 4.69) is 5.32 Å². The van der Waals surface area contributed by atoms with E-state index in [0.29, 0.717) is 23.6 Å². The van der Waals surface area contributed by atoms with Gasteiger partial charge in [-0.1, -0.05) is 0 Å². The van der Waals surface area contributed by atoms with Gasteiger partial charge in [-0.05, 0) is 69.8 Å². The van der Waals surface area contributed by atoms with E-state index in [1.54, 1.807) is 14.1 Å². The van der Waals surface area contributed by atoms with Gasteiger partial charge in [0, 0.05) is 56.6 Å². The zero-order chi connectivity index (χ0) is 30.7. The van der Waals surface area contributed by atoms with Crippen LogP contribution in [0.4, 0.5) is 5.69 Å². The monoisotopic (exact) mass is 584 g/mol. The van der Waals surface area contributed by atoms with Gasteiger partial charge in [-0.3, -0.25) is 19.3 Å². The first-order chi connectivity index (χ1) is 19.8. The van der Waals surface area contributed by atoms with Crippen LogP contribution in [0.25, 0.3) is 0 Å². The lowest BCUT2D eigenvalue weighted by atomic mass is 9.58. The van der Waals surface area contributed by atoms with Crippen molar-refractivity contribution in [1.82, 2.24) is 10.2 Å². The number of amides is 1. The maximum absolute atomic E-state index is 14.1.